The Labute approximate surface area is 163 Å². The van der Waals surface area contributed by atoms with Crippen molar-refractivity contribution >= 4 is 23.2 Å². The molecule has 0 aliphatic carbocycles. The molecule has 2 aromatic heterocycles. The van der Waals surface area contributed by atoms with Gasteiger partial charge in [0.25, 0.3) is 11.4 Å². The number of hydrogen-bond acceptors (Lipinski definition) is 7. The van der Waals surface area contributed by atoms with Crippen LogP contribution in [0, 0.1) is 0 Å². The number of benzene rings is 1. The molecule has 4 rings (SSSR count). The highest BCUT2D eigenvalue weighted by Gasteiger charge is 2.26. The number of hydrogen-bond donors (Lipinski definition) is 1. The normalized spacial score (nSPS) is 18.0. The molecule has 1 aliphatic rings. The molecule has 1 aliphatic heterocycles. The van der Waals surface area contributed by atoms with Crippen LogP contribution in [0.3, 0.4) is 0 Å². The first-order chi connectivity index (χ1) is 12.6. The maximum atomic E-state index is 12.7. The third-order valence-electron chi connectivity index (χ3n) is 4.77. The maximum absolute atomic E-state index is 12.7. The molecule has 3 heterocycles. The zero-order chi connectivity index (χ0) is 18.3. The molecule has 1 fully saturated rings. The quantitative estimate of drug-likeness (QED) is 0.731. The van der Waals surface area contributed by atoms with Crippen LogP contribution < -0.4 is 10.9 Å². The smallest absolute Gasteiger partial charge is 0.279 e. The maximum Gasteiger partial charge on any atom is 0.279 e. The topological polar surface area (TPSA) is 89.1 Å². The van der Waals surface area contributed by atoms with Crippen molar-refractivity contribution in [1.29, 1.82) is 0 Å². The Morgan fingerprint density at radius 3 is 2.70 bits per heavy atom. The zero-order valence-electron chi connectivity index (χ0n) is 15.5. The largest absolute Gasteiger partial charge is 0.332 e. The van der Waals surface area contributed by atoms with Crippen molar-refractivity contribution in [2.24, 2.45) is 0 Å². The first kappa shape index (κ1) is 19.5. The lowest BCUT2D eigenvalue weighted by Crippen LogP contribution is -2.44. The molecule has 8 nitrogen and oxygen atoms in total. The second-order valence-corrected chi connectivity index (χ2v) is 6.90. The third-order valence-corrected chi connectivity index (χ3v) is 4.77. The molecule has 9 heteroatoms. The van der Waals surface area contributed by atoms with E-state index in [0.717, 1.165) is 25.0 Å². The SMILES string of the molecule is CC(C)n1nc(-c2nc(C3CNCCN3C)no2)c2ccccc2c1=O.Cl. The second-order valence-electron chi connectivity index (χ2n) is 6.90. The van der Waals surface area contributed by atoms with Crippen molar-refractivity contribution in [2.45, 2.75) is 25.9 Å². The number of aromatic nitrogens is 4. The molecular weight excluding hydrogens is 368 g/mol. The van der Waals surface area contributed by atoms with Crippen molar-refractivity contribution in [3.05, 3.63) is 40.4 Å². The van der Waals surface area contributed by atoms with E-state index in [0.29, 0.717) is 22.8 Å². The molecule has 27 heavy (non-hydrogen) atoms. The van der Waals surface area contributed by atoms with E-state index in [1.165, 1.54) is 4.68 Å². The molecule has 3 aromatic rings. The third kappa shape index (κ3) is 3.47. The van der Waals surface area contributed by atoms with Crippen molar-refractivity contribution in [3.8, 4) is 11.6 Å². The van der Waals surface area contributed by atoms with Crippen LogP contribution >= 0.6 is 12.4 Å². The monoisotopic (exact) mass is 390 g/mol. The Morgan fingerprint density at radius 1 is 1.26 bits per heavy atom. The van der Waals surface area contributed by atoms with E-state index in [-0.39, 0.29) is 30.0 Å². The van der Waals surface area contributed by atoms with E-state index in [1.54, 1.807) is 6.07 Å². The summed E-state index contributed by atoms with van der Waals surface area (Å²) >= 11 is 0. The fraction of sp³-hybridized carbons (Fsp3) is 0.444. The van der Waals surface area contributed by atoms with Crippen LogP contribution in [0.5, 0.6) is 0 Å². The number of likely N-dealkylation sites (N-methyl/N-ethyl adjacent to an activating group) is 1. The van der Waals surface area contributed by atoms with E-state index >= 15 is 0 Å². The van der Waals surface area contributed by atoms with Crippen LogP contribution in [0.2, 0.25) is 0 Å². The summed E-state index contributed by atoms with van der Waals surface area (Å²) in [7, 11) is 2.05. The van der Waals surface area contributed by atoms with Gasteiger partial charge in [-0.3, -0.25) is 9.69 Å². The lowest BCUT2D eigenvalue weighted by Gasteiger charge is -2.30. The van der Waals surface area contributed by atoms with Gasteiger partial charge in [-0.05, 0) is 27.0 Å². The van der Waals surface area contributed by atoms with Crippen LogP contribution in [-0.4, -0.2) is 51.5 Å². The summed E-state index contributed by atoms with van der Waals surface area (Å²) in [6.07, 6.45) is 0. The highest BCUT2D eigenvalue weighted by Crippen LogP contribution is 2.26. The average molecular weight is 391 g/mol. The predicted molar refractivity (Wildman–Crippen MR) is 105 cm³/mol. The number of nitrogens with zero attached hydrogens (tertiary/aromatic N) is 5. The van der Waals surface area contributed by atoms with Crippen LogP contribution in [-0.2, 0) is 0 Å². The Hall–Kier alpha value is -2.29. The minimum absolute atomic E-state index is 0. The van der Waals surface area contributed by atoms with Gasteiger partial charge >= 0.3 is 0 Å². The van der Waals surface area contributed by atoms with Gasteiger partial charge in [0.15, 0.2) is 11.5 Å². The Kier molecular flexibility index (Phi) is 5.59. The fourth-order valence-corrected chi connectivity index (χ4v) is 3.28. The van der Waals surface area contributed by atoms with Crippen molar-refractivity contribution in [1.82, 2.24) is 30.1 Å². The highest BCUT2D eigenvalue weighted by molar-refractivity contribution is 5.91. The number of nitrogens with one attached hydrogen (secondary N) is 1. The number of rotatable bonds is 3. The molecule has 0 bridgehead atoms. The van der Waals surface area contributed by atoms with Gasteiger partial charge in [0.05, 0.1) is 17.5 Å². The Morgan fingerprint density at radius 2 is 2.00 bits per heavy atom. The number of halogens is 1. The molecule has 1 aromatic carbocycles. The van der Waals surface area contributed by atoms with Crippen molar-refractivity contribution in [3.63, 3.8) is 0 Å². The van der Waals surface area contributed by atoms with Gasteiger partial charge in [0, 0.05) is 25.0 Å². The van der Waals surface area contributed by atoms with Gasteiger partial charge in [0.2, 0.25) is 0 Å². The lowest BCUT2D eigenvalue weighted by atomic mass is 10.1. The molecule has 1 N–H and O–H groups in total. The summed E-state index contributed by atoms with van der Waals surface area (Å²) in [6.45, 7) is 6.50. The van der Waals surface area contributed by atoms with Gasteiger partial charge in [0.1, 0.15) is 0 Å². The molecule has 0 amide bonds. The average Bonchev–Trinajstić information content (AvgIpc) is 3.12. The highest BCUT2D eigenvalue weighted by atomic mass is 35.5. The van der Waals surface area contributed by atoms with Crippen LogP contribution in [0.1, 0.15) is 31.8 Å². The summed E-state index contributed by atoms with van der Waals surface area (Å²) in [5.74, 6) is 0.965. The molecular formula is C18H23ClN6O2. The van der Waals surface area contributed by atoms with E-state index < -0.39 is 0 Å². The summed E-state index contributed by atoms with van der Waals surface area (Å²) in [6, 6.07) is 7.38. The second kappa shape index (κ2) is 7.75. The standard InChI is InChI=1S/C18H22N6O2.ClH/c1-11(2)24-18(25)13-7-5-4-6-12(13)15(21-24)17-20-16(22-26-17)14-10-19-8-9-23(14)3;/h4-7,11,14,19H,8-10H2,1-3H3;1H. The minimum Gasteiger partial charge on any atom is -0.332 e. The van der Waals surface area contributed by atoms with Crippen LogP contribution in [0.25, 0.3) is 22.4 Å². The summed E-state index contributed by atoms with van der Waals surface area (Å²) < 4.78 is 7.01. The van der Waals surface area contributed by atoms with E-state index in [4.69, 9.17) is 4.52 Å². The van der Waals surface area contributed by atoms with Crippen molar-refractivity contribution < 1.29 is 4.52 Å². The zero-order valence-corrected chi connectivity index (χ0v) is 16.4. The fourth-order valence-electron chi connectivity index (χ4n) is 3.28. The molecule has 0 saturated carbocycles. The lowest BCUT2D eigenvalue weighted by molar-refractivity contribution is 0.190. The summed E-state index contributed by atoms with van der Waals surface area (Å²) in [4.78, 5) is 19.5. The van der Waals surface area contributed by atoms with Gasteiger partial charge in [-0.25, -0.2) is 4.68 Å². The number of piperazine rings is 1. The Balaban J connectivity index is 0.00000210. The van der Waals surface area contributed by atoms with E-state index in [9.17, 15) is 4.79 Å². The molecule has 0 radical (unpaired) electrons. The van der Waals surface area contributed by atoms with Gasteiger partial charge in [-0.1, -0.05) is 23.4 Å². The summed E-state index contributed by atoms with van der Waals surface area (Å²) in [5.41, 5.74) is 0.425. The predicted octanol–water partition coefficient (Wildman–Crippen LogP) is 2.03. The van der Waals surface area contributed by atoms with E-state index in [2.05, 4.69) is 25.5 Å². The first-order valence-corrected chi connectivity index (χ1v) is 8.82. The molecule has 1 atom stereocenters. The molecule has 0 spiro atoms. The van der Waals surface area contributed by atoms with E-state index in [1.807, 2.05) is 39.1 Å². The van der Waals surface area contributed by atoms with Gasteiger partial charge < -0.3 is 9.84 Å². The van der Waals surface area contributed by atoms with Crippen molar-refractivity contribution in [2.75, 3.05) is 26.7 Å². The molecule has 1 saturated heterocycles. The van der Waals surface area contributed by atoms with Gasteiger partial charge in [-0.15, -0.1) is 12.4 Å². The minimum atomic E-state index is -0.115. The number of fused-ring (bicyclic) bond motifs is 1. The Bertz CT molecular complexity index is 999. The van der Waals surface area contributed by atoms with Crippen LogP contribution in [0.15, 0.2) is 33.6 Å². The van der Waals surface area contributed by atoms with Gasteiger partial charge in [-0.2, -0.15) is 10.1 Å². The molecule has 144 valence electrons. The first-order valence-electron chi connectivity index (χ1n) is 8.82. The molecule has 1 unspecified atom stereocenters. The van der Waals surface area contributed by atoms with Crippen LogP contribution in [0.4, 0.5) is 0 Å². The summed E-state index contributed by atoms with van der Waals surface area (Å²) in [5, 5.41) is 13.4.